The number of amides is 1. The van der Waals surface area contributed by atoms with Gasteiger partial charge in [-0.1, -0.05) is 59.9 Å². The number of aryl methyl sites for hydroxylation is 3. The Hall–Kier alpha value is -3.77. The third-order valence-corrected chi connectivity index (χ3v) is 6.52. The maximum absolute atomic E-state index is 13.0. The van der Waals surface area contributed by atoms with Crippen LogP contribution >= 0.6 is 11.3 Å². The van der Waals surface area contributed by atoms with Gasteiger partial charge in [-0.3, -0.25) is 4.79 Å². The van der Waals surface area contributed by atoms with Crippen molar-refractivity contribution in [2.45, 2.75) is 27.2 Å². The fourth-order valence-corrected chi connectivity index (χ4v) is 5.09. The zero-order chi connectivity index (χ0) is 22.9. The predicted octanol–water partition coefficient (Wildman–Crippen LogP) is 6.25. The van der Waals surface area contributed by atoms with Gasteiger partial charge in [0.05, 0.1) is 15.9 Å². The number of hydrogen-bond acceptors (Lipinski definition) is 4. The molecule has 0 atom stereocenters. The van der Waals surface area contributed by atoms with Crippen LogP contribution in [0.4, 0.5) is 5.82 Å². The fourth-order valence-electron chi connectivity index (χ4n) is 3.98. The maximum Gasteiger partial charge on any atom is 0.256 e. The molecule has 5 aromatic rings. The third kappa shape index (κ3) is 4.43. The number of nitrogens with zero attached hydrogens (tertiary/aromatic N) is 3. The van der Waals surface area contributed by atoms with Gasteiger partial charge in [-0.2, -0.15) is 9.78 Å². The van der Waals surface area contributed by atoms with E-state index in [-0.39, 0.29) is 5.91 Å². The van der Waals surface area contributed by atoms with Gasteiger partial charge in [0.1, 0.15) is 5.82 Å². The Bertz CT molecular complexity index is 1450. The highest BCUT2D eigenvalue weighted by Gasteiger charge is 2.16. The summed E-state index contributed by atoms with van der Waals surface area (Å²) in [6.07, 6.45) is 0.838. The Kier molecular flexibility index (Phi) is 5.52. The van der Waals surface area contributed by atoms with Crippen molar-refractivity contribution in [3.8, 4) is 5.13 Å². The van der Waals surface area contributed by atoms with E-state index in [1.807, 2.05) is 55.5 Å². The van der Waals surface area contributed by atoms with E-state index in [2.05, 4.69) is 48.5 Å². The van der Waals surface area contributed by atoms with Crippen molar-refractivity contribution >= 4 is 33.3 Å². The van der Waals surface area contributed by atoms with Gasteiger partial charge >= 0.3 is 0 Å². The molecule has 0 bridgehead atoms. The number of rotatable bonds is 5. The third-order valence-electron chi connectivity index (χ3n) is 5.54. The van der Waals surface area contributed by atoms with Crippen molar-refractivity contribution in [2.24, 2.45) is 0 Å². The maximum atomic E-state index is 13.0. The molecule has 3 aromatic carbocycles. The van der Waals surface area contributed by atoms with Crippen molar-refractivity contribution in [3.05, 3.63) is 106 Å². The summed E-state index contributed by atoms with van der Waals surface area (Å²) in [4.78, 5) is 17.8. The van der Waals surface area contributed by atoms with Crippen LogP contribution in [-0.2, 0) is 6.42 Å². The van der Waals surface area contributed by atoms with Crippen LogP contribution in [0.25, 0.3) is 15.3 Å². The lowest BCUT2D eigenvalue weighted by molar-refractivity contribution is 0.102. The molecule has 164 valence electrons. The summed E-state index contributed by atoms with van der Waals surface area (Å²) < 4.78 is 2.83. The molecule has 2 heterocycles. The summed E-state index contributed by atoms with van der Waals surface area (Å²) in [5, 5.41) is 8.34. The van der Waals surface area contributed by atoms with Crippen molar-refractivity contribution < 1.29 is 4.79 Å². The summed E-state index contributed by atoms with van der Waals surface area (Å²) in [5.41, 5.74) is 7.14. The van der Waals surface area contributed by atoms with Crippen LogP contribution < -0.4 is 5.32 Å². The molecule has 0 aliphatic carbocycles. The molecule has 0 saturated heterocycles. The first-order valence-electron chi connectivity index (χ1n) is 10.9. The first-order valence-corrected chi connectivity index (χ1v) is 11.7. The molecular weight excluding hydrogens is 428 g/mol. The molecule has 0 spiro atoms. The summed E-state index contributed by atoms with van der Waals surface area (Å²) in [6, 6.07) is 24.2. The first kappa shape index (κ1) is 21.1. The van der Waals surface area contributed by atoms with Crippen LogP contribution in [0.1, 0.15) is 38.3 Å². The summed E-state index contributed by atoms with van der Waals surface area (Å²) >= 11 is 1.57. The number of nitrogens with one attached hydrogen (secondary N) is 1. The zero-order valence-corrected chi connectivity index (χ0v) is 19.6. The standard InChI is InChI=1S/C27H24N4OS/c1-17-13-18(2)25-23(14-17)33-27(29-25)31-24(15-19(3)30-31)28-26(32)22-11-9-21(10-12-22)16-20-7-5-4-6-8-20/h4-15H,16H2,1-3H3,(H,28,32). The Morgan fingerprint density at radius 1 is 0.939 bits per heavy atom. The molecular formula is C27H24N4OS. The first-order chi connectivity index (χ1) is 16.0. The van der Waals surface area contributed by atoms with E-state index in [1.54, 1.807) is 16.0 Å². The minimum atomic E-state index is -0.171. The second kappa shape index (κ2) is 8.64. The largest absolute Gasteiger partial charge is 0.306 e. The summed E-state index contributed by atoms with van der Waals surface area (Å²) in [6.45, 7) is 6.06. The highest BCUT2D eigenvalue weighted by molar-refractivity contribution is 7.20. The predicted molar refractivity (Wildman–Crippen MR) is 135 cm³/mol. The second-order valence-electron chi connectivity index (χ2n) is 8.32. The van der Waals surface area contributed by atoms with E-state index in [0.29, 0.717) is 11.4 Å². The Labute approximate surface area is 196 Å². The molecule has 0 unspecified atom stereocenters. The number of thiazole rings is 1. The number of carbonyl (C=O) groups excluding carboxylic acids is 1. The van der Waals surface area contributed by atoms with Crippen LogP contribution in [0.2, 0.25) is 0 Å². The quantitative estimate of drug-likeness (QED) is 0.343. The van der Waals surface area contributed by atoms with E-state index >= 15 is 0 Å². The highest BCUT2D eigenvalue weighted by Crippen LogP contribution is 2.30. The normalized spacial score (nSPS) is 11.1. The van der Waals surface area contributed by atoms with Gasteiger partial charge in [0.25, 0.3) is 5.91 Å². The monoisotopic (exact) mass is 452 g/mol. The lowest BCUT2D eigenvalue weighted by Crippen LogP contribution is -2.15. The molecule has 1 N–H and O–H groups in total. The lowest BCUT2D eigenvalue weighted by atomic mass is 10.0. The lowest BCUT2D eigenvalue weighted by Gasteiger charge is -2.08. The average Bonchev–Trinajstić information content (AvgIpc) is 3.38. The zero-order valence-electron chi connectivity index (χ0n) is 18.8. The van der Waals surface area contributed by atoms with E-state index < -0.39 is 0 Å². The highest BCUT2D eigenvalue weighted by atomic mass is 32.1. The summed E-state index contributed by atoms with van der Waals surface area (Å²) in [5.74, 6) is 0.440. The van der Waals surface area contributed by atoms with Gasteiger partial charge in [0, 0.05) is 11.6 Å². The van der Waals surface area contributed by atoms with Gasteiger partial charge in [0.2, 0.25) is 5.13 Å². The minimum Gasteiger partial charge on any atom is -0.306 e. The van der Waals surface area contributed by atoms with Crippen LogP contribution in [0.15, 0.2) is 72.8 Å². The Morgan fingerprint density at radius 3 is 2.42 bits per heavy atom. The van der Waals surface area contributed by atoms with Gasteiger partial charge in [-0.15, -0.1) is 0 Å². The number of aromatic nitrogens is 3. The van der Waals surface area contributed by atoms with Crippen LogP contribution in [-0.4, -0.2) is 20.7 Å². The molecule has 0 saturated carbocycles. The fraction of sp³-hybridized carbons (Fsp3) is 0.148. The van der Waals surface area contributed by atoms with Gasteiger partial charge in [-0.25, -0.2) is 4.98 Å². The van der Waals surface area contributed by atoms with Gasteiger partial charge in [-0.05, 0) is 67.6 Å². The number of benzene rings is 3. The number of fused-ring (bicyclic) bond motifs is 1. The minimum absolute atomic E-state index is 0.171. The molecule has 6 heteroatoms. The second-order valence-corrected chi connectivity index (χ2v) is 9.33. The molecule has 5 nitrogen and oxygen atoms in total. The summed E-state index contributed by atoms with van der Waals surface area (Å²) in [7, 11) is 0. The average molecular weight is 453 g/mol. The van der Waals surface area contributed by atoms with E-state index in [9.17, 15) is 4.79 Å². The molecule has 0 fully saturated rings. The van der Waals surface area contributed by atoms with Gasteiger partial charge < -0.3 is 5.32 Å². The number of carbonyl (C=O) groups is 1. The van der Waals surface area contributed by atoms with Crippen LogP contribution in [0, 0.1) is 20.8 Å². The molecule has 0 radical (unpaired) electrons. The van der Waals surface area contributed by atoms with Crippen LogP contribution in [0.5, 0.6) is 0 Å². The molecule has 0 aliphatic heterocycles. The van der Waals surface area contributed by atoms with Gasteiger partial charge in [0.15, 0.2) is 0 Å². The molecule has 2 aromatic heterocycles. The van der Waals surface area contributed by atoms with Crippen LogP contribution in [0.3, 0.4) is 0 Å². The van der Waals surface area contributed by atoms with E-state index in [4.69, 9.17) is 4.98 Å². The number of hydrogen-bond donors (Lipinski definition) is 1. The van der Waals surface area contributed by atoms with E-state index in [1.165, 1.54) is 16.7 Å². The molecule has 33 heavy (non-hydrogen) atoms. The SMILES string of the molecule is Cc1cc(C)c2nc(-n3nc(C)cc3NC(=O)c3ccc(Cc4ccccc4)cc3)sc2c1. The van der Waals surface area contributed by atoms with Crippen molar-refractivity contribution in [1.82, 2.24) is 14.8 Å². The number of anilines is 1. The molecule has 0 aliphatic rings. The molecule has 1 amide bonds. The van der Waals surface area contributed by atoms with Crippen molar-refractivity contribution in [1.29, 1.82) is 0 Å². The van der Waals surface area contributed by atoms with E-state index in [0.717, 1.165) is 33.0 Å². The smallest absolute Gasteiger partial charge is 0.256 e. The molecule has 5 rings (SSSR count). The Balaban J connectivity index is 1.38. The van der Waals surface area contributed by atoms with Crippen molar-refractivity contribution in [3.63, 3.8) is 0 Å². The van der Waals surface area contributed by atoms with Crippen molar-refractivity contribution in [2.75, 3.05) is 5.32 Å². The Morgan fingerprint density at radius 2 is 1.67 bits per heavy atom. The topological polar surface area (TPSA) is 59.8 Å².